The predicted molar refractivity (Wildman–Crippen MR) is 104 cm³/mol. The molecule has 1 amide bonds. The van der Waals surface area contributed by atoms with Crippen molar-refractivity contribution in [2.75, 3.05) is 33.9 Å². The first kappa shape index (κ1) is 19.2. The molecule has 2 aromatic carbocycles. The van der Waals surface area contributed by atoms with Crippen LogP contribution in [0.15, 0.2) is 48.5 Å². The SMILES string of the molecule is COc1cccc(C(=O)N2CCC(CO)(Cc3ccccc3)CC2)c1OC. The minimum atomic E-state index is -0.170. The Hall–Kier alpha value is -2.53. The first-order chi connectivity index (χ1) is 13.1. The maximum atomic E-state index is 13.0. The van der Waals surface area contributed by atoms with Crippen LogP contribution in [0.3, 0.4) is 0 Å². The monoisotopic (exact) mass is 369 g/mol. The van der Waals surface area contributed by atoms with E-state index in [1.165, 1.54) is 5.56 Å². The lowest BCUT2D eigenvalue weighted by molar-refractivity contribution is 0.0356. The van der Waals surface area contributed by atoms with Crippen molar-refractivity contribution in [1.82, 2.24) is 4.90 Å². The van der Waals surface area contributed by atoms with Crippen molar-refractivity contribution in [3.05, 3.63) is 59.7 Å². The van der Waals surface area contributed by atoms with Crippen LogP contribution in [0.25, 0.3) is 0 Å². The number of ether oxygens (including phenoxy) is 2. The van der Waals surface area contributed by atoms with Gasteiger partial charge in [0.15, 0.2) is 11.5 Å². The van der Waals surface area contributed by atoms with Crippen LogP contribution in [0.5, 0.6) is 11.5 Å². The molecule has 0 saturated carbocycles. The number of benzene rings is 2. The van der Waals surface area contributed by atoms with Gasteiger partial charge >= 0.3 is 0 Å². The van der Waals surface area contributed by atoms with E-state index in [0.717, 1.165) is 19.3 Å². The molecule has 27 heavy (non-hydrogen) atoms. The van der Waals surface area contributed by atoms with E-state index in [1.807, 2.05) is 23.1 Å². The smallest absolute Gasteiger partial charge is 0.257 e. The summed E-state index contributed by atoms with van der Waals surface area (Å²) in [5.41, 5.74) is 1.56. The zero-order valence-electron chi connectivity index (χ0n) is 16.0. The van der Waals surface area contributed by atoms with E-state index in [2.05, 4.69) is 12.1 Å². The van der Waals surface area contributed by atoms with Crippen LogP contribution in [-0.4, -0.2) is 49.8 Å². The minimum absolute atomic E-state index is 0.0583. The van der Waals surface area contributed by atoms with E-state index in [9.17, 15) is 9.90 Å². The average molecular weight is 369 g/mol. The van der Waals surface area contributed by atoms with Crippen molar-refractivity contribution in [1.29, 1.82) is 0 Å². The van der Waals surface area contributed by atoms with Gasteiger partial charge in [-0.15, -0.1) is 0 Å². The summed E-state index contributed by atoms with van der Waals surface area (Å²) in [6, 6.07) is 15.6. The van der Waals surface area contributed by atoms with Crippen LogP contribution < -0.4 is 9.47 Å². The quantitative estimate of drug-likeness (QED) is 0.850. The van der Waals surface area contributed by atoms with E-state index in [0.29, 0.717) is 30.2 Å². The fourth-order valence-corrected chi connectivity index (χ4v) is 3.83. The van der Waals surface area contributed by atoms with Gasteiger partial charge in [-0.1, -0.05) is 36.4 Å². The van der Waals surface area contributed by atoms with Crippen molar-refractivity contribution >= 4 is 5.91 Å². The Morgan fingerprint density at radius 3 is 2.33 bits per heavy atom. The summed E-state index contributed by atoms with van der Waals surface area (Å²) >= 11 is 0. The Balaban J connectivity index is 1.72. The lowest BCUT2D eigenvalue weighted by atomic mass is 9.74. The van der Waals surface area contributed by atoms with Gasteiger partial charge in [-0.2, -0.15) is 0 Å². The second kappa shape index (κ2) is 8.44. The molecule has 0 bridgehead atoms. The number of rotatable bonds is 6. The number of para-hydroxylation sites is 1. The van der Waals surface area contributed by atoms with Gasteiger partial charge in [0.25, 0.3) is 5.91 Å². The van der Waals surface area contributed by atoms with Crippen LogP contribution in [0.1, 0.15) is 28.8 Å². The number of methoxy groups -OCH3 is 2. The van der Waals surface area contributed by atoms with E-state index >= 15 is 0 Å². The van der Waals surface area contributed by atoms with Gasteiger partial charge in [0.05, 0.1) is 19.8 Å². The number of carbonyl (C=O) groups is 1. The first-order valence-electron chi connectivity index (χ1n) is 9.27. The Labute approximate surface area is 160 Å². The summed E-state index contributed by atoms with van der Waals surface area (Å²) in [6.07, 6.45) is 2.38. The average Bonchev–Trinajstić information content (AvgIpc) is 2.73. The molecule has 2 aromatic rings. The van der Waals surface area contributed by atoms with E-state index in [1.54, 1.807) is 32.4 Å². The Bertz CT molecular complexity index is 767. The summed E-state index contributed by atoms with van der Waals surface area (Å²) in [7, 11) is 3.10. The summed E-state index contributed by atoms with van der Waals surface area (Å²) in [4.78, 5) is 14.9. The highest BCUT2D eigenvalue weighted by Crippen LogP contribution is 2.37. The number of nitrogens with zero attached hydrogens (tertiary/aromatic N) is 1. The topological polar surface area (TPSA) is 59.0 Å². The van der Waals surface area contributed by atoms with Crippen molar-refractivity contribution < 1.29 is 19.4 Å². The third-order valence-electron chi connectivity index (χ3n) is 5.50. The molecule has 1 fully saturated rings. The lowest BCUT2D eigenvalue weighted by Crippen LogP contribution is -2.45. The molecule has 0 unspecified atom stereocenters. The first-order valence-corrected chi connectivity index (χ1v) is 9.27. The molecule has 1 aliphatic heterocycles. The highest BCUT2D eigenvalue weighted by Gasteiger charge is 2.36. The molecule has 0 spiro atoms. The predicted octanol–water partition coefficient (Wildman–Crippen LogP) is 3.16. The van der Waals surface area contributed by atoms with Gasteiger partial charge in [0, 0.05) is 25.1 Å². The molecule has 0 radical (unpaired) electrons. The molecule has 5 nitrogen and oxygen atoms in total. The van der Waals surface area contributed by atoms with Gasteiger partial charge in [0.1, 0.15) is 0 Å². The van der Waals surface area contributed by atoms with Crippen LogP contribution in [-0.2, 0) is 6.42 Å². The second-order valence-corrected chi connectivity index (χ2v) is 7.15. The normalized spacial score (nSPS) is 16.0. The molecule has 144 valence electrons. The molecule has 0 atom stereocenters. The summed E-state index contributed by atoms with van der Waals surface area (Å²) < 4.78 is 10.7. The fourth-order valence-electron chi connectivity index (χ4n) is 3.83. The number of piperidine rings is 1. The zero-order chi connectivity index (χ0) is 19.3. The molecule has 0 aromatic heterocycles. The van der Waals surface area contributed by atoms with Gasteiger partial charge in [-0.05, 0) is 37.0 Å². The largest absolute Gasteiger partial charge is 0.493 e. The molecule has 0 aliphatic carbocycles. The standard InChI is InChI=1S/C22H27NO4/c1-26-19-10-6-9-18(20(19)27-2)21(25)23-13-11-22(16-24,12-14-23)15-17-7-4-3-5-8-17/h3-10,24H,11-16H2,1-2H3. The molecule has 1 aliphatic rings. The van der Waals surface area contributed by atoms with Crippen LogP contribution in [0, 0.1) is 5.41 Å². The van der Waals surface area contributed by atoms with Gasteiger partial charge in [-0.25, -0.2) is 0 Å². The highest BCUT2D eigenvalue weighted by molar-refractivity contribution is 5.97. The van der Waals surface area contributed by atoms with E-state index < -0.39 is 0 Å². The number of hydrogen-bond donors (Lipinski definition) is 1. The molecule has 5 heteroatoms. The van der Waals surface area contributed by atoms with E-state index in [-0.39, 0.29) is 17.9 Å². The van der Waals surface area contributed by atoms with Crippen molar-refractivity contribution in [3.8, 4) is 11.5 Å². The number of amides is 1. The highest BCUT2D eigenvalue weighted by atomic mass is 16.5. The van der Waals surface area contributed by atoms with Crippen LogP contribution in [0.2, 0.25) is 0 Å². The minimum Gasteiger partial charge on any atom is -0.493 e. The van der Waals surface area contributed by atoms with Gasteiger partial charge < -0.3 is 19.5 Å². The van der Waals surface area contributed by atoms with Crippen molar-refractivity contribution in [3.63, 3.8) is 0 Å². The fraction of sp³-hybridized carbons (Fsp3) is 0.409. The van der Waals surface area contributed by atoms with Gasteiger partial charge in [0.2, 0.25) is 0 Å². The molecule has 1 heterocycles. The second-order valence-electron chi connectivity index (χ2n) is 7.15. The number of hydrogen-bond acceptors (Lipinski definition) is 4. The summed E-state index contributed by atoms with van der Waals surface area (Å²) in [6.45, 7) is 1.37. The lowest BCUT2D eigenvalue weighted by Gasteiger charge is -2.41. The number of carbonyl (C=O) groups excluding carboxylic acids is 1. The summed E-state index contributed by atoms with van der Waals surface area (Å²) in [5, 5.41) is 10.1. The zero-order valence-corrected chi connectivity index (χ0v) is 16.0. The maximum Gasteiger partial charge on any atom is 0.257 e. The maximum absolute atomic E-state index is 13.0. The molecule has 1 saturated heterocycles. The summed E-state index contributed by atoms with van der Waals surface area (Å²) in [5.74, 6) is 0.958. The van der Waals surface area contributed by atoms with Crippen LogP contribution >= 0.6 is 0 Å². The van der Waals surface area contributed by atoms with Crippen molar-refractivity contribution in [2.45, 2.75) is 19.3 Å². The molecular weight excluding hydrogens is 342 g/mol. The molecule has 1 N–H and O–H groups in total. The molecule has 3 rings (SSSR count). The van der Waals surface area contributed by atoms with Crippen molar-refractivity contribution in [2.24, 2.45) is 5.41 Å². The molecular formula is C22H27NO4. The third kappa shape index (κ3) is 4.08. The Morgan fingerprint density at radius 1 is 1.04 bits per heavy atom. The number of likely N-dealkylation sites (tertiary alicyclic amines) is 1. The van der Waals surface area contributed by atoms with Crippen LogP contribution in [0.4, 0.5) is 0 Å². The third-order valence-corrected chi connectivity index (χ3v) is 5.50. The van der Waals surface area contributed by atoms with E-state index in [4.69, 9.17) is 9.47 Å². The van der Waals surface area contributed by atoms with Gasteiger partial charge in [-0.3, -0.25) is 4.79 Å². The number of aliphatic hydroxyl groups is 1. The Morgan fingerprint density at radius 2 is 1.74 bits per heavy atom. The number of aliphatic hydroxyl groups excluding tert-OH is 1. The Kier molecular flexibility index (Phi) is 6.01.